The average molecular weight is 398 g/mol. The van der Waals surface area contributed by atoms with Gasteiger partial charge in [-0.3, -0.25) is 4.98 Å². The van der Waals surface area contributed by atoms with E-state index in [1.54, 1.807) is 6.07 Å². The predicted octanol–water partition coefficient (Wildman–Crippen LogP) is 7.42. The molecule has 0 radical (unpaired) electrons. The summed E-state index contributed by atoms with van der Waals surface area (Å²) < 4.78 is 14.0. The number of pyridine rings is 1. The minimum absolute atomic E-state index is 0.124. The molecule has 2 aromatic carbocycles. The van der Waals surface area contributed by atoms with Gasteiger partial charge >= 0.3 is 0 Å². The molecule has 0 aliphatic rings. The number of hydrogen-bond donors (Lipinski definition) is 0. The van der Waals surface area contributed by atoms with Crippen LogP contribution in [0.5, 0.6) is 0 Å². The van der Waals surface area contributed by atoms with Crippen LogP contribution in [0.2, 0.25) is 0 Å². The second kappa shape index (κ2) is 11.4. The van der Waals surface area contributed by atoms with Gasteiger partial charge in [0.2, 0.25) is 0 Å². The van der Waals surface area contributed by atoms with Crippen LogP contribution < -0.4 is 0 Å². The summed E-state index contributed by atoms with van der Waals surface area (Å²) in [5, 5.41) is 0.885. The fourth-order valence-electron chi connectivity index (χ4n) is 3.57. The molecule has 0 saturated heterocycles. The van der Waals surface area contributed by atoms with Crippen LogP contribution in [0.1, 0.15) is 30.0 Å². The van der Waals surface area contributed by atoms with Gasteiger partial charge in [0.1, 0.15) is 11.3 Å². The van der Waals surface area contributed by atoms with Gasteiger partial charge in [-0.25, -0.2) is 4.39 Å². The Balaban J connectivity index is 0.000000921. The maximum absolute atomic E-state index is 14.0. The third-order valence-corrected chi connectivity index (χ3v) is 4.80. The van der Waals surface area contributed by atoms with Gasteiger partial charge in [-0.15, -0.1) is 31.3 Å². The van der Waals surface area contributed by atoms with E-state index in [0.717, 1.165) is 29.4 Å². The van der Waals surface area contributed by atoms with Crippen molar-refractivity contribution in [3.63, 3.8) is 0 Å². The van der Waals surface area contributed by atoms with Crippen molar-refractivity contribution in [2.45, 2.75) is 32.1 Å². The number of nitrogens with zero attached hydrogens (tertiary/aromatic N) is 1. The van der Waals surface area contributed by atoms with E-state index in [1.807, 2.05) is 24.4 Å². The molecule has 0 amide bonds. The molecule has 0 fully saturated rings. The highest BCUT2D eigenvalue weighted by molar-refractivity contribution is 6.15. The zero-order valence-corrected chi connectivity index (χ0v) is 17.8. The number of halogens is 2. The first kappa shape index (κ1) is 23.6. The van der Waals surface area contributed by atoms with Crippen molar-refractivity contribution in [2.75, 3.05) is 6.38 Å². The number of benzene rings is 2. The summed E-state index contributed by atoms with van der Waals surface area (Å²) in [5.41, 5.74) is 3.85. The second-order valence-electron chi connectivity index (χ2n) is 6.65. The largest absolute Gasteiger partial charge is 0.253 e. The summed E-state index contributed by atoms with van der Waals surface area (Å²) >= 11 is 4.64. The van der Waals surface area contributed by atoms with Gasteiger partial charge in [0.05, 0.1) is 0 Å². The van der Waals surface area contributed by atoms with Crippen molar-refractivity contribution in [2.24, 2.45) is 0 Å². The first-order valence-corrected chi connectivity index (χ1v) is 9.88. The number of fused-ring (bicyclic) bond motifs is 1. The lowest BCUT2D eigenvalue weighted by Gasteiger charge is -2.31. The van der Waals surface area contributed by atoms with Crippen molar-refractivity contribution in [3.05, 3.63) is 103 Å². The Morgan fingerprint density at radius 2 is 1.71 bits per heavy atom. The maximum Gasteiger partial charge on any atom is 0.149 e. The Morgan fingerprint density at radius 3 is 2.32 bits per heavy atom. The number of alkyl halides is 1. The van der Waals surface area contributed by atoms with E-state index in [2.05, 4.69) is 74.4 Å². The standard InChI is InChI=1S/C22H22FN.C2H4.CH3Cl/c1-4-13-22(3,14-17-9-6-5-7-10-17)19-15-24-21-18(16(19)2)11-8-12-20(21)23;2*1-2/h4-12,15H,1,13-14H2,2-3H3;1-2H2;1H3. The van der Waals surface area contributed by atoms with E-state index in [0.29, 0.717) is 5.52 Å². The third kappa shape index (κ3) is 5.30. The number of para-hydroxylation sites is 1. The summed E-state index contributed by atoms with van der Waals surface area (Å²) in [6, 6.07) is 15.6. The van der Waals surface area contributed by atoms with Crippen molar-refractivity contribution in [1.82, 2.24) is 4.98 Å². The Morgan fingerprint density at radius 1 is 1.07 bits per heavy atom. The van der Waals surface area contributed by atoms with E-state index >= 15 is 0 Å². The summed E-state index contributed by atoms with van der Waals surface area (Å²) in [5.74, 6) is -0.268. The third-order valence-electron chi connectivity index (χ3n) is 4.80. The molecule has 1 aromatic heterocycles. The first-order valence-electron chi connectivity index (χ1n) is 9.12. The predicted molar refractivity (Wildman–Crippen MR) is 122 cm³/mol. The van der Waals surface area contributed by atoms with Crippen LogP contribution in [-0.4, -0.2) is 11.4 Å². The van der Waals surface area contributed by atoms with Crippen molar-refractivity contribution in [1.29, 1.82) is 0 Å². The van der Waals surface area contributed by atoms with Gasteiger partial charge in [0, 0.05) is 23.4 Å². The van der Waals surface area contributed by atoms with Crippen molar-refractivity contribution in [3.8, 4) is 0 Å². The molecule has 0 N–H and O–H groups in total. The number of aromatic nitrogens is 1. The Hall–Kier alpha value is -2.45. The molecule has 0 aliphatic heterocycles. The Bertz CT molecular complexity index is 892. The monoisotopic (exact) mass is 397 g/mol. The van der Waals surface area contributed by atoms with Gasteiger partial charge in [0.15, 0.2) is 0 Å². The molecule has 3 rings (SSSR count). The van der Waals surface area contributed by atoms with Gasteiger partial charge in [-0.2, -0.15) is 0 Å². The number of rotatable bonds is 5. The quantitative estimate of drug-likeness (QED) is 0.322. The van der Waals surface area contributed by atoms with Crippen LogP contribution in [0.4, 0.5) is 4.39 Å². The van der Waals surface area contributed by atoms with Crippen LogP contribution in [0.3, 0.4) is 0 Å². The van der Waals surface area contributed by atoms with E-state index in [-0.39, 0.29) is 11.2 Å². The molecule has 0 spiro atoms. The first-order chi connectivity index (χ1) is 13.5. The van der Waals surface area contributed by atoms with Gasteiger partial charge in [-0.1, -0.05) is 55.5 Å². The highest BCUT2D eigenvalue weighted by atomic mass is 35.5. The number of aryl methyl sites for hydroxylation is 1. The summed E-state index contributed by atoms with van der Waals surface area (Å²) in [4.78, 5) is 4.42. The van der Waals surface area contributed by atoms with Gasteiger partial charge in [0.25, 0.3) is 0 Å². The molecular formula is C25H29ClFN. The topological polar surface area (TPSA) is 12.9 Å². The van der Waals surface area contributed by atoms with Gasteiger partial charge in [-0.05, 0) is 42.5 Å². The lowest BCUT2D eigenvalue weighted by atomic mass is 9.73. The minimum atomic E-state index is -0.268. The molecule has 1 unspecified atom stereocenters. The highest BCUT2D eigenvalue weighted by Crippen LogP contribution is 2.36. The van der Waals surface area contributed by atoms with E-state index in [9.17, 15) is 4.39 Å². The number of hydrogen-bond acceptors (Lipinski definition) is 1. The number of allylic oxidation sites excluding steroid dienone is 1. The van der Waals surface area contributed by atoms with Crippen LogP contribution in [0, 0.1) is 12.7 Å². The molecule has 0 saturated carbocycles. The molecule has 3 heteroatoms. The van der Waals surface area contributed by atoms with E-state index in [1.165, 1.54) is 18.0 Å². The molecule has 1 atom stereocenters. The average Bonchev–Trinajstić information content (AvgIpc) is 2.73. The lowest BCUT2D eigenvalue weighted by molar-refractivity contribution is 0.472. The molecular weight excluding hydrogens is 369 g/mol. The molecule has 1 nitrogen and oxygen atoms in total. The smallest absolute Gasteiger partial charge is 0.149 e. The fourth-order valence-corrected chi connectivity index (χ4v) is 3.57. The minimum Gasteiger partial charge on any atom is -0.253 e. The van der Waals surface area contributed by atoms with Crippen LogP contribution in [0.25, 0.3) is 10.9 Å². The van der Waals surface area contributed by atoms with Gasteiger partial charge < -0.3 is 0 Å². The molecule has 28 heavy (non-hydrogen) atoms. The highest BCUT2D eigenvalue weighted by Gasteiger charge is 2.28. The normalized spacial score (nSPS) is 12.0. The zero-order chi connectivity index (χ0) is 21.2. The van der Waals surface area contributed by atoms with Crippen LogP contribution in [-0.2, 0) is 11.8 Å². The molecule has 0 bridgehead atoms. The van der Waals surface area contributed by atoms with Crippen LogP contribution in [0.15, 0.2) is 80.5 Å². The molecule has 3 aromatic rings. The zero-order valence-electron chi connectivity index (χ0n) is 17.0. The lowest BCUT2D eigenvalue weighted by Crippen LogP contribution is -2.26. The summed E-state index contributed by atoms with van der Waals surface area (Å²) in [6.45, 7) is 14.2. The molecule has 0 aliphatic carbocycles. The summed E-state index contributed by atoms with van der Waals surface area (Å²) in [7, 11) is 0. The van der Waals surface area contributed by atoms with Crippen molar-refractivity contribution < 1.29 is 4.39 Å². The van der Waals surface area contributed by atoms with Crippen LogP contribution >= 0.6 is 11.6 Å². The fraction of sp³-hybridized carbons (Fsp3) is 0.240. The summed E-state index contributed by atoms with van der Waals surface area (Å²) in [6.07, 6.45) is 7.00. The molecule has 1 heterocycles. The Labute approximate surface area is 173 Å². The molecule has 148 valence electrons. The van der Waals surface area contributed by atoms with E-state index in [4.69, 9.17) is 0 Å². The van der Waals surface area contributed by atoms with E-state index < -0.39 is 0 Å². The SMILES string of the molecule is C=C.C=CCC(C)(Cc1ccccc1)c1cnc2c(F)cccc2c1C.CCl. The maximum atomic E-state index is 14.0. The second-order valence-corrected chi connectivity index (χ2v) is 6.65. The van der Waals surface area contributed by atoms with Crippen molar-refractivity contribution >= 4 is 22.5 Å². The Kier molecular flexibility index (Phi) is 9.61.